The van der Waals surface area contributed by atoms with Crippen molar-refractivity contribution in [2.45, 2.75) is 40.0 Å². The molecule has 0 atom stereocenters. The molecule has 0 bridgehead atoms. The summed E-state index contributed by atoms with van der Waals surface area (Å²) in [5.74, 6) is 0.0289. The highest BCUT2D eigenvalue weighted by atomic mass is 16.1. The van der Waals surface area contributed by atoms with E-state index >= 15 is 0 Å². The fraction of sp³-hybridized carbons (Fsp3) is 0.562. The average Bonchev–Trinajstić information content (AvgIpc) is 2.39. The van der Waals surface area contributed by atoms with Gasteiger partial charge in [-0.15, -0.1) is 0 Å². The summed E-state index contributed by atoms with van der Waals surface area (Å²) in [6.07, 6.45) is 3.68. The van der Waals surface area contributed by atoms with Gasteiger partial charge in [0.2, 0.25) is 0 Å². The van der Waals surface area contributed by atoms with Crippen molar-refractivity contribution in [3.05, 3.63) is 23.8 Å². The molecule has 1 saturated heterocycles. The molecule has 3 nitrogen and oxygen atoms in total. The Morgan fingerprint density at radius 1 is 1.37 bits per heavy atom. The molecule has 1 aliphatic heterocycles. The summed E-state index contributed by atoms with van der Waals surface area (Å²) in [6, 6.07) is 5.80. The van der Waals surface area contributed by atoms with Gasteiger partial charge in [-0.05, 0) is 43.4 Å². The van der Waals surface area contributed by atoms with Gasteiger partial charge in [0.15, 0.2) is 5.78 Å². The molecule has 1 heterocycles. The maximum absolute atomic E-state index is 11.4. The third-order valence-corrected chi connectivity index (χ3v) is 4.60. The SMILES string of the molecule is CCC1(C)CCN(c2ccc(C(C)=O)c(N)c2)CC1. The average molecular weight is 260 g/mol. The predicted octanol–water partition coefficient (Wildman–Crippen LogP) is 3.49. The van der Waals surface area contributed by atoms with Crippen molar-refractivity contribution in [2.24, 2.45) is 5.41 Å². The van der Waals surface area contributed by atoms with Crippen LogP contribution in [0.5, 0.6) is 0 Å². The van der Waals surface area contributed by atoms with E-state index in [2.05, 4.69) is 18.7 Å². The molecule has 2 N–H and O–H groups in total. The number of carbonyl (C=O) groups excluding carboxylic acids is 1. The molecule has 0 spiro atoms. The second-order valence-corrected chi connectivity index (χ2v) is 5.98. The molecule has 1 aliphatic rings. The number of rotatable bonds is 3. The van der Waals surface area contributed by atoms with E-state index in [4.69, 9.17) is 5.73 Å². The predicted molar refractivity (Wildman–Crippen MR) is 80.7 cm³/mol. The highest BCUT2D eigenvalue weighted by Gasteiger charge is 2.28. The Balaban J connectivity index is 2.12. The Hall–Kier alpha value is -1.51. The lowest BCUT2D eigenvalue weighted by atomic mass is 9.78. The summed E-state index contributed by atoms with van der Waals surface area (Å²) in [4.78, 5) is 13.8. The summed E-state index contributed by atoms with van der Waals surface area (Å²) in [5, 5.41) is 0. The van der Waals surface area contributed by atoms with Crippen LogP contribution in [0, 0.1) is 5.41 Å². The normalized spacial score (nSPS) is 18.4. The molecule has 1 aromatic rings. The molecule has 3 heteroatoms. The molecular formula is C16H24N2O. The van der Waals surface area contributed by atoms with E-state index < -0.39 is 0 Å². The fourth-order valence-electron chi connectivity index (χ4n) is 2.73. The van der Waals surface area contributed by atoms with Crippen LogP contribution in [0.15, 0.2) is 18.2 Å². The van der Waals surface area contributed by atoms with Crippen molar-refractivity contribution in [1.29, 1.82) is 0 Å². The molecule has 0 saturated carbocycles. The Morgan fingerprint density at radius 2 is 2.00 bits per heavy atom. The molecule has 19 heavy (non-hydrogen) atoms. The molecule has 0 aliphatic carbocycles. The molecule has 1 fully saturated rings. The van der Waals surface area contributed by atoms with Gasteiger partial charge in [-0.25, -0.2) is 0 Å². The van der Waals surface area contributed by atoms with Crippen LogP contribution in [0.1, 0.15) is 50.4 Å². The van der Waals surface area contributed by atoms with Crippen LogP contribution in [-0.4, -0.2) is 18.9 Å². The third-order valence-electron chi connectivity index (χ3n) is 4.60. The zero-order valence-electron chi connectivity index (χ0n) is 12.2. The molecular weight excluding hydrogens is 236 g/mol. The van der Waals surface area contributed by atoms with Gasteiger partial charge in [0.25, 0.3) is 0 Å². The summed E-state index contributed by atoms with van der Waals surface area (Å²) in [6.45, 7) is 8.35. The topological polar surface area (TPSA) is 46.3 Å². The van der Waals surface area contributed by atoms with Gasteiger partial charge >= 0.3 is 0 Å². The van der Waals surface area contributed by atoms with Gasteiger partial charge in [-0.1, -0.05) is 20.3 Å². The summed E-state index contributed by atoms with van der Waals surface area (Å²) >= 11 is 0. The van der Waals surface area contributed by atoms with Crippen LogP contribution in [0.3, 0.4) is 0 Å². The van der Waals surface area contributed by atoms with E-state index in [1.165, 1.54) is 19.3 Å². The first-order chi connectivity index (χ1) is 8.95. The lowest BCUT2D eigenvalue weighted by molar-refractivity contribution is 0.101. The monoisotopic (exact) mass is 260 g/mol. The van der Waals surface area contributed by atoms with Gasteiger partial charge in [0, 0.05) is 30.0 Å². The summed E-state index contributed by atoms with van der Waals surface area (Å²) in [7, 11) is 0. The Kier molecular flexibility index (Phi) is 3.83. The summed E-state index contributed by atoms with van der Waals surface area (Å²) in [5.41, 5.74) is 8.80. The number of hydrogen-bond donors (Lipinski definition) is 1. The van der Waals surface area contributed by atoms with Crippen LogP contribution in [0.4, 0.5) is 11.4 Å². The third kappa shape index (κ3) is 2.91. The van der Waals surface area contributed by atoms with E-state index in [9.17, 15) is 4.79 Å². The fourth-order valence-corrected chi connectivity index (χ4v) is 2.73. The van der Waals surface area contributed by atoms with Crippen molar-refractivity contribution < 1.29 is 4.79 Å². The number of ketones is 1. The number of Topliss-reactive ketones (excluding diaryl/α,β-unsaturated/α-hetero) is 1. The quantitative estimate of drug-likeness (QED) is 0.668. The first kappa shape index (κ1) is 13.9. The van der Waals surface area contributed by atoms with Gasteiger partial charge < -0.3 is 10.6 Å². The number of nitrogen functional groups attached to an aromatic ring is 1. The summed E-state index contributed by atoms with van der Waals surface area (Å²) < 4.78 is 0. The number of piperidine rings is 1. The lowest BCUT2D eigenvalue weighted by Gasteiger charge is -2.40. The number of nitrogens with zero attached hydrogens (tertiary/aromatic N) is 1. The molecule has 0 amide bonds. The minimum Gasteiger partial charge on any atom is -0.398 e. The van der Waals surface area contributed by atoms with Crippen molar-refractivity contribution >= 4 is 17.2 Å². The number of benzene rings is 1. The number of hydrogen-bond acceptors (Lipinski definition) is 3. The number of carbonyl (C=O) groups is 1. The van der Waals surface area contributed by atoms with Crippen LogP contribution < -0.4 is 10.6 Å². The first-order valence-electron chi connectivity index (χ1n) is 7.10. The maximum Gasteiger partial charge on any atom is 0.161 e. The van der Waals surface area contributed by atoms with E-state index in [-0.39, 0.29) is 5.78 Å². The smallest absolute Gasteiger partial charge is 0.161 e. The molecule has 0 aromatic heterocycles. The van der Waals surface area contributed by atoms with E-state index in [0.29, 0.717) is 16.7 Å². The second kappa shape index (κ2) is 5.24. The van der Waals surface area contributed by atoms with Crippen LogP contribution in [0.25, 0.3) is 0 Å². The molecule has 0 radical (unpaired) electrons. The van der Waals surface area contributed by atoms with Crippen LogP contribution >= 0.6 is 0 Å². The zero-order valence-corrected chi connectivity index (χ0v) is 12.2. The Bertz CT molecular complexity index is 474. The first-order valence-corrected chi connectivity index (χ1v) is 7.10. The van der Waals surface area contributed by atoms with Gasteiger partial charge in [-0.2, -0.15) is 0 Å². The number of nitrogens with two attached hydrogens (primary N) is 1. The minimum absolute atomic E-state index is 0.0289. The number of anilines is 2. The van der Waals surface area contributed by atoms with E-state index in [1.807, 2.05) is 18.2 Å². The second-order valence-electron chi connectivity index (χ2n) is 5.98. The van der Waals surface area contributed by atoms with Crippen molar-refractivity contribution in [1.82, 2.24) is 0 Å². The maximum atomic E-state index is 11.4. The lowest BCUT2D eigenvalue weighted by Crippen LogP contribution is -2.38. The van der Waals surface area contributed by atoms with Crippen molar-refractivity contribution in [3.63, 3.8) is 0 Å². The minimum atomic E-state index is 0.0289. The molecule has 0 unspecified atom stereocenters. The Morgan fingerprint density at radius 3 is 2.47 bits per heavy atom. The van der Waals surface area contributed by atoms with Gasteiger partial charge in [0.05, 0.1) is 0 Å². The van der Waals surface area contributed by atoms with Crippen LogP contribution in [0.2, 0.25) is 0 Å². The largest absolute Gasteiger partial charge is 0.398 e. The van der Waals surface area contributed by atoms with Crippen LogP contribution in [-0.2, 0) is 0 Å². The highest BCUT2D eigenvalue weighted by molar-refractivity contribution is 5.99. The molecule has 2 rings (SSSR count). The van der Waals surface area contributed by atoms with Gasteiger partial charge in [-0.3, -0.25) is 4.79 Å². The van der Waals surface area contributed by atoms with E-state index in [1.54, 1.807) is 6.92 Å². The van der Waals surface area contributed by atoms with Crippen molar-refractivity contribution in [2.75, 3.05) is 23.7 Å². The molecule has 1 aromatic carbocycles. The Labute approximate surface area is 115 Å². The standard InChI is InChI=1S/C16H24N2O/c1-4-16(3)7-9-18(10-8-16)13-5-6-14(12(2)19)15(17)11-13/h5-6,11H,4,7-10,17H2,1-3H3. The van der Waals surface area contributed by atoms with Gasteiger partial charge in [0.1, 0.15) is 0 Å². The highest BCUT2D eigenvalue weighted by Crippen LogP contribution is 2.36. The zero-order chi connectivity index (χ0) is 14.0. The molecule has 104 valence electrons. The van der Waals surface area contributed by atoms with Crippen molar-refractivity contribution in [3.8, 4) is 0 Å². The van der Waals surface area contributed by atoms with E-state index in [0.717, 1.165) is 18.8 Å².